The van der Waals surface area contributed by atoms with Gasteiger partial charge in [-0.25, -0.2) is 0 Å². The third-order valence-electron chi connectivity index (χ3n) is 6.50. The molecule has 2 amide bonds. The monoisotopic (exact) mass is 537 g/mol. The number of hydrogen-bond donors (Lipinski definition) is 0. The maximum Gasteiger partial charge on any atom is 0.254 e. The van der Waals surface area contributed by atoms with Crippen molar-refractivity contribution in [2.24, 2.45) is 0 Å². The zero-order valence-corrected chi connectivity index (χ0v) is 22.8. The standard InChI is InChI=1S/C29H35N3O5S/c1-35-25-17-24(18-26(19-25)36-2)29(34)31(11-10-30-12-14-37-15-13-30)22-28(33)32(21-27-9-6-16-38-27)20-23-7-4-3-5-8-23/h3-9,16-19H,10-15,20-22H2,1-2H3. The Morgan fingerprint density at radius 2 is 1.63 bits per heavy atom. The topological polar surface area (TPSA) is 71.5 Å². The van der Waals surface area contributed by atoms with E-state index in [1.165, 1.54) is 0 Å². The maximum absolute atomic E-state index is 13.8. The first kappa shape index (κ1) is 27.6. The van der Waals surface area contributed by atoms with E-state index in [1.54, 1.807) is 48.7 Å². The van der Waals surface area contributed by atoms with Gasteiger partial charge in [-0.2, -0.15) is 0 Å². The fourth-order valence-corrected chi connectivity index (χ4v) is 5.06. The fourth-order valence-electron chi connectivity index (χ4n) is 4.34. The van der Waals surface area contributed by atoms with Crippen LogP contribution in [0.15, 0.2) is 66.0 Å². The zero-order chi connectivity index (χ0) is 26.7. The predicted octanol–water partition coefficient (Wildman–Crippen LogP) is 3.77. The molecule has 0 bridgehead atoms. The first-order valence-corrected chi connectivity index (χ1v) is 13.6. The summed E-state index contributed by atoms with van der Waals surface area (Å²) in [4.78, 5) is 34.4. The Morgan fingerprint density at radius 1 is 0.921 bits per heavy atom. The van der Waals surface area contributed by atoms with Gasteiger partial charge in [0.05, 0.1) is 34.0 Å². The summed E-state index contributed by atoms with van der Waals surface area (Å²) < 4.78 is 16.2. The second-order valence-corrected chi connectivity index (χ2v) is 10.1. The van der Waals surface area contributed by atoms with Gasteiger partial charge in [-0.3, -0.25) is 14.5 Å². The molecule has 1 saturated heterocycles. The van der Waals surface area contributed by atoms with E-state index < -0.39 is 0 Å². The van der Waals surface area contributed by atoms with Gasteiger partial charge in [0.15, 0.2) is 0 Å². The van der Waals surface area contributed by atoms with Crippen molar-refractivity contribution < 1.29 is 23.8 Å². The Labute approximate surface area is 228 Å². The molecule has 0 atom stereocenters. The molecule has 9 heteroatoms. The van der Waals surface area contributed by atoms with Crippen LogP contribution in [-0.2, 0) is 22.6 Å². The number of hydrogen-bond acceptors (Lipinski definition) is 7. The van der Waals surface area contributed by atoms with E-state index in [9.17, 15) is 9.59 Å². The number of amides is 2. The second kappa shape index (κ2) is 13.9. The number of morpholine rings is 1. The highest BCUT2D eigenvalue weighted by atomic mass is 32.1. The molecule has 2 aromatic carbocycles. The molecular weight excluding hydrogens is 502 g/mol. The van der Waals surface area contributed by atoms with Gasteiger partial charge in [-0.05, 0) is 29.1 Å². The second-order valence-electron chi connectivity index (χ2n) is 9.10. The lowest BCUT2D eigenvalue weighted by atomic mass is 10.1. The highest BCUT2D eigenvalue weighted by Crippen LogP contribution is 2.24. The van der Waals surface area contributed by atoms with Crippen LogP contribution < -0.4 is 9.47 Å². The average molecular weight is 538 g/mol. The van der Waals surface area contributed by atoms with Crippen molar-refractivity contribution in [2.45, 2.75) is 13.1 Å². The minimum Gasteiger partial charge on any atom is -0.497 e. The molecule has 8 nitrogen and oxygen atoms in total. The van der Waals surface area contributed by atoms with Crippen LogP contribution in [0.25, 0.3) is 0 Å². The van der Waals surface area contributed by atoms with Gasteiger partial charge in [0.2, 0.25) is 5.91 Å². The fraction of sp³-hybridized carbons (Fsp3) is 0.379. The van der Waals surface area contributed by atoms with Crippen LogP contribution in [0.1, 0.15) is 20.8 Å². The molecule has 1 fully saturated rings. The minimum atomic E-state index is -0.236. The first-order chi connectivity index (χ1) is 18.6. The van der Waals surface area contributed by atoms with Gasteiger partial charge in [0.25, 0.3) is 5.91 Å². The number of ether oxygens (including phenoxy) is 3. The summed E-state index contributed by atoms with van der Waals surface area (Å²) in [5.41, 5.74) is 1.46. The van der Waals surface area contributed by atoms with Gasteiger partial charge in [-0.15, -0.1) is 11.3 Å². The largest absolute Gasteiger partial charge is 0.497 e. The Bertz CT molecular complexity index is 1140. The van der Waals surface area contributed by atoms with E-state index in [-0.39, 0.29) is 18.4 Å². The van der Waals surface area contributed by atoms with Crippen molar-refractivity contribution in [3.8, 4) is 11.5 Å². The maximum atomic E-state index is 13.8. The summed E-state index contributed by atoms with van der Waals surface area (Å²) in [6, 6.07) is 19.0. The van der Waals surface area contributed by atoms with Crippen LogP contribution in [0.5, 0.6) is 11.5 Å². The lowest BCUT2D eigenvalue weighted by molar-refractivity contribution is -0.133. The molecule has 1 aromatic heterocycles. The summed E-state index contributed by atoms with van der Waals surface area (Å²) in [6.07, 6.45) is 0. The van der Waals surface area contributed by atoms with Gasteiger partial charge >= 0.3 is 0 Å². The molecule has 0 radical (unpaired) electrons. The number of thiophene rings is 1. The molecule has 0 unspecified atom stereocenters. The average Bonchev–Trinajstić information content (AvgIpc) is 3.48. The summed E-state index contributed by atoms with van der Waals surface area (Å²) in [7, 11) is 3.10. The van der Waals surface area contributed by atoms with Crippen LogP contribution in [0, 0.1) is 0 Å². The quantitative estimate of drug-likeness (QED) is 0.350. The number of nitrogens with zero attached hydrogens (tertiary/aromatic N) is 3. The SMILES string of the molecule is COc1cc(OC)cc(C(=O)N(CCN2CCOCC2)CC(=O)N(Cc2ccccc2)Cc2cccs2)c1. The molecule has 0 spiro atoms. The zero-order valence-electron chi connectivity index (χ0n) is 22.0. The Hall–Kier alpha value is -3.40. The van der Waals surface area contributed by atoms with Crippen LogP contribution in [-0.4, -0.2) is 86.7 Å². The normalized spacial score (nSPS) is 13.6. The highest BCUT2D eigenvalue weighted by molar-refractivity contribution is 7.09. The molecule has 1 aliphatic heterocycles. The van der Waals surface area contributed by atoms with E-state index in [1.807, 2.05) is 52.7 Å². The molecule has 4 rings (SSSR count). The number of carbonyl (C=O) groups excluding carboxylic acids is 2. The number of methoxy groups -OCH3 is 2. The van der Waals surface area contributed by atoms with Crippen LogP contribution >= 0.6 is 11.3 Å². The van der Waals surface area contributed by atoms with Crippen molar-refractivity contribution in [1.29, 1.82) is 0 Å². The minimum absolute atomic E-state index is 0.0269. The van der Waals surface area contributed by atoms with Crippen LogP contribution in [0.2, 0.25) is 0 Å². The smallest absolute Gasteiger partial charge is 0.254 e. The lowest BCUT2D eigenvalue weighted by Crippen LogP contribution is -2.47. The van der Waals surface area contributed by atoms with Crippen molar-refractivity contribution in [2.75, 3.05) is 60.2 Å². The first-order valence-electron chi connectivity index (χ1n) is 12.7. The van der Waals surface area contributed by atoms with Crippen LogP contribution in [0.3, 0.4) is 0 Å². The predicted molar refractivity (Wildman–Crippen MR) is 148 cm³/mol. The van der Waals surface area contributed by atoms with Gasteiger partial charge in [0, 0.05) is 49.2 Å². The summed E-state index contributed by atoms with van der Waals surface area (Å²) in [5.74, 6) is 0.707. The van der Waals surface area contributed by atoms with Crippen molar-refractivity contribution >= 4 is 23.2 Å². The number of rotatable bonds is 12. The summed E-state index contributed by atoms with van der Waals surface area (Å²) >= 11 is 1.62. The molecular formula is C29H35N3O5S. The van der Waals surface area contributed by atoms with E-state index in [2.05, 4.69) is 4.90 Å². The molecule has 38 heavy (non-hydrogen) atoms. The number of benzene rings is 2. The summed E-state index contributed by atoms with van der Waals surface area (Å²) in [5, 5.41) is 2.01. The van der Waals surface area contributed by atoms with E-state index >= 15 is 0 Å². The van der Waals surface area contributed by atoms with Crippen molar-refractivity contribution in [3.63, 3.8) is 0 Å². The van der Waals surface area contributed by atoms with Gasteiger partial charge in [-0.1, -0.05) is 36.4 Å². The van der Waals surface area contributed by atoms with Gasteiger partial charge < -0.3 is 24.0 Å². The van der Waals surface area contributed by atoms with E-state index in [4.69, 9.17) is 14.2 Å². The third-order valence-corrected chi connectivity index (χ3v) is 7.36. The van der Waals surface area contributed by atoms with E-state index in [0.717, 1.165) is 23.5 Å². The molecule has 0 aliphatic carbocycles. The summed E-state index contributed by atoms with van der Waals surface area (Å²) in [6.45, 7) is 4.97. The number of carbonyl (C=O) groups is 2. The highest BCUT2D eigenvalue weighted by Gasteiger charge is 2.25. The van der Waals surface area contributed by atoms with Crippen LogP contribution in [0.4, 0.5) is 0 Å². The Kier molecular flexibility index (Phi) is 10.1. The third kappa shape index (κ3) is 7.80. The lowest BCUT2D eigenvalue weighted by Gasteiger charge is -2.31. The Balaban J connectivity index is 1.56. The van der Waals surface area contributed by atoms with Gasteiger partial charge in [0.1, 0.15) is 18.0 Å². The molecule has 1 aliphatic rings. The molecule has 0 saturated carbocycles. The molecule has 202 valence electrons. The molecule has 2 heterocycles. The molecule has 0 N–H and O–H groups in total. The van der Waals surface area contributed by atoms with E-state index in [0.29, 0.717) is 56.5 Å². The van der Waals surface area contributed by atoms with Crippen molar-refractivity contribution in [3.05, 3.63) is 82.0 Å². The Morgan fingerprint density at radius 3 is 2.26 bits per heavy atom. The molecule has 3 aromatic rings. The van der Waals surface area contributed by atoms with Crippen molar-refractivity contribution in [1.82, 2.24) is 14.7 Å².